The summed E-state index contributed by atoms with van der Waals surface area (Å²) in [6, 6.07) is 6.43. The lowest BCUT2D eigenvalue weighted by atomic mass is 10.1. The zero-order valence-corrected chi connectivity index (χ0v) is 22.1. The number of sulfonamides is 1. The lowest BCUT2D eigenvalue weighted by Gasteiger charge is -2.40. The smallest absolute Gasteiger partial charge is 0.283 e. The number of carbonyl (C=O) groups is 1. The van der Waals surface area contributed by atoms with Gasteiger partial charge in [0.15, 0.2) is 5.01 Å². The van der Waals surface area contributed by atoms with Crippen molar-refractivity contribution in [3.05, 3.63) is 57.5 Å². The van der Waals surface area contributed by atoms with Crippen LogP contribution in [0.2, 0.25) is 5.02 Å². The second-order valence-electron chi connectivity index (χ2n) is 9.02. The van der Waals surface area contributed by atoms with Crippen LogP contribution in [0.25, 0.3) is 10.9 Å². The average molecular weight is 562 g/mol. The zero-order chi connectivity index (χ0) is 25.6. The molecule has 0 bridgehead atoms. The summed E-state index contributed by atoms with van der Waals surface area (Å²) in [6.45, 7) is 2.16. The number of rotatable bonds is 6. The minimum absolute atomic E-state index is 0.104. The van der Waals surface area contributed by atoms with Crippen molar-refractivity contribution in [3.63, 3.8) is 0 Å². The molecular formula is C23H24ClN7O4S2. The van der Waals surface area contributed by atoms with Gasteiger partial charge < -0.3 is 14.6 Å². The number of aromatic nitrogens is 5. The number of thiazole rings is 1. The Hall–Kier alpha value is -2.84. The highest BCUT2D eigenvalue weighted by molar-refractivity contribution is 7.89. The third-order valence-electron chi connectivity index (χ3n) is 6.72. The molecule has 1 unspecified atom stereocenters. The molecule has 1 atom stereocenters. The Bertz CT molecular complexity index is 1530. The first-order valence-electron chi connectivity index (χ1n) is 11.9. The van der Waals surface area contributed by atoms with Crippen LogP contribution in [0.4, 0.5) is 0 Å². The van der Waals surface area contributed by atoms with Gasteiger partial charge in [0, 0.05) is 54.6 Å². The van der Waals surface area contributed by atoms with Crippen LogP contribution in [-0.4, -0.2) is 80.5 Å². The number of amides is 1. The van der Waals surface area contributed by atoms with Crippen LogP contribution < -0.4 is 0 Å². The first kappa shape index (κ1) is 24.5. The molecule has 1 saturated heterocycles. The van der Waals surface area contributed by atoms with E-state index in [0.717, 1.165) is 16.0 Å². The second kappa shape index (κ2) is 9.80. The van der Waals surface area contributed by atoms with Crippen LogP contribution in [0, 0.1) is 0 Å². The van der Waals surface area contributed by atoms with Gasteiger partial charge in [-0.25, -0.2) is 18.4 Å². The van der Waals surface area contributed by atoms with E-state index in [0.29, 0.717) is 48.1 Å². The van der Waals surface area contributed by atoms with Gasteiger partial charge in [0.2, 0.25) is 0 Å². The summed E-state index contributed by atoms with van der Waals surface area (Å²) in [5.74, 6) is -0.180. The number of carbonyl (C=O) groups excluding carboxylic acids is 1. The van der Waals surface area contributed by atoms with Crippen molar-refractivity contribution in [2.45, 2.75) is 37.1 Å². The molecule has 11 nitrogen and oxygen atoms in total. The Kier molecular flexibility index (Phi) is 6.49. The molecule has 0 radical (unpaired) electrons. The number of piperazine rings is 1. The molecule has 37 heavy (non-hydrogen) atoms. The topological polar surface area (TPSA) is 126 Å². The number of nitrogens with one attached hydrogen (secondary N) is 1. The van der Waals surface area contributed by atoms with E-state index in [4.69, 9.17) is 16.3 Å². The zero-order valence-electron chi connectivity index (χ0n) is 19.7. The summed E-state index contributed by atoms with van der Waals surface area (Å²) in [5.41, 5.74) is 1.61. The molecule has 6 rings (SSSR count). The maximum atomic E-state index is 13.6. The first-order valence-corrected chi connectivity index (χ1v) is 14.5. The molecule has 2 aliphatic heterocycles. The number of hydrogen-bond acceptors (Lipinski definition) is 8. The molecular weight excluding hydrogens is 538 g/mol. The lowest BCUT2D eigenvalue weighted by Crippen LogP contribution is -2.56. The van der Waals surface area contributed by atoms with E-state index in [9.17, 15) is 13.2 Å². The summed E-state index contributed by atoms with van der Waals surface area (Å²) in [4.78, 5) is 27.9. The van der Waals surface area contributed by atoms with Crippen molar-refractivity contribution in [2.24, 2.45) is 0 Å². The number of benzene rings is 1. The normalized spacial score (nSPS) is 18.8. The van der Waals surface area contributed by atoms with Gasteiger partial charge in [-0.2, -0.15) is 9.40 Å². The Labute approximate surface area is 222 Å². The average Bonchev–Trinajstić information content (AvgIpc) is 3.66. The van der Waals surface area contributed by atoms with Crippen molar-refractivity contribution >= 4 is 49.8 Å². The maximum Gasteiger partial charge on any atom is 0.283 e. The monoisotopic (exact) mass is 561 g/mol. The Morgan fingerprint density at radius 1 is 1.27 bits per heavy atom. The predicted octanol–water partition coefficient (Wildman–Crippen LogP) is 2.55. The van der Waals surface area contributed by atoms with Gasteiger partial charge in [-0.3, -0.25) is 9.48 Å². The van der Waals surface area contributed by atoms with Crippen LogP contribution in [-0.2, 0) is 34.3 Å². The molecule has 1 aromatic carbocycles. The van der Waals surface area contributed by atoms with Crippen molar-refractivity contribution in [2.75, 3.05) is 26.2 Å². The fraction of sp³-hybridized carbons (Fsp3) is 0.391. The molecule has 14 heteroatoms. The van der Waals surface area contributed by atoms with Crippen LogP contribution in [0.5, 0.6) is 0 Å². The SMILES string of the molecule is O=C(c1nc2c(s1)COCC2)N1CCN(S(=O)(=O)c2cc3cc(Cl)ccc3[nH]2)CC1CCn1cncn1. The highest BCUT2D eigenvalue weighted by Crippen LogP contribution is 2.29. The van der Waals surface area contributed by atoms with Crippen LogP contribution in [0.3, 0.4) is 0 Å². The van der Waals surface area contributed by atoms with Gasteiger partial charge in [-0.05, 0) is 30.7 Å². The van der Waals surface area contributed by atoms with Crippen LogP contribution >= 0.6 is 22.9 Å². The number of H-pyrrole nitrogens is 1. The fourth-order valence-corrected chi connectivity index (χ4v) is 7.45. The van der Waals surface area contributed by atoms with E-state index < -0.39 is 10.0 Å². The summed E-state index contributed by atoms with van der Waals surface area (Å²) in [6.07, 6.45) is 4.26. The Morgan fingerprint density at radius 2 is 2.16 bits per heavy atom. The van der Waals surface area contributed by atoms with Crippen LogP contribution in [0.1, 0.15) is 26.8 Å². The number of aryl methyl sites for hydroxylation is 1. The third-order valence-corrected chi connectivity index (χ3v) is 9.80. The van der Waals surface area contributed by atoms with E-state index in [2.05, 4.69) is 20.1 Å². The van der Waals surface area contributed by atoms with Gasteiger partial charge in [0.05, 0.1) is 23.8 Å². The van der Waals surface area contributed by atoms with Crippen molar-refractivity contribution in [3.8, 4) is 0 Å². The molecule has 4 aromatic rings. The number of ether oxygens (including phenoxy) is 1. The highest BCUT2D eigenvalue weighted by Gasteiger charge is 2.38. The summed E-state index contributed by atoms with van der Waals surface area (Å²) in [7, 11) is -3.83. The summed E-state index contributed by atoms with van der Waals surface area (Å²) < 4.78 is 35.8. The van der Waals surface area contributed by atoms with E-state index in [1.165, 1.54) is 22.0 Å². The Morgan fingerprint density at radius 3 is 2.97 bits per heavy atom. The van der Waals surface area contributed by atoms with Crippen molar-refractivity contribution < 1.29 is 17.9 Å². The number of hydrogen-bond donors (Lipinski definition) is 1. The Balaban J connectivity index is 1.26. The molecule has 194 valence electrons. The molecule has 5 heterocycles. The van der Waals surface area contributed by atoms with Crippen molar-refractivity contribution in [1.29, 1.82) is 0 Å². The summed E-state index contributed by atoms with van der Waals surface area (Å²) in [5, 5.41) is 5.93. The number of fused-ring (bicyclic) bond motifs is 2. The number of halogens is 1. The first-order chi connectivity index (χ1) is 17.9. The molecule has 0 spiro atoms. The van der Waals surface area contributed by atoms with Gasteiger partial charge >= 0.3 is 0 Å². The number of nitrogens with zero attached hydrogens (tertiary/aromatic N) is 6. The number of aromatic amines is 1. The summed E-state index contributed by atoms with van der Waals surface area (Å²) >= 11 is 7.44. The largest absolute Gasteiger partial charge is 0.375 e. The van der Waals surface area contributed by atoms with Gasteiger partial charge in [0.25, 0.3) is 15.9 Å². The lowest BCUT2D eigenvalue weighted by molar-refractivity contribution is 0.0541. The maximum absolute atomic E-state index is 13.6. The highest BCUT2D eigenvalue weighted by atomic mass is 35.5. The standard InChI is InChI=1S/C23H24ClN7O4S2/c24-16-1-2-18-15(9-16)10-21(27-18)37(33,34)30-6-7-31(17(11-30)3-5-29-14-25-13-26-29)23(32)22-28-19-4-8-35-12-20(19)36-22/h1-2,9-10,13-14,17,27H,3-8,11-12H2. The quantitative estimate of drug-likeness (QED) is 0.383. The minimum Gasteiger partial charge on any atom is -0.375 e. The molecule has 1 fully saturated rings. The van der Waals surface area contributed by atoms with Gasteiger partial charge in [-0.1, -0.05) is 11.6 Å². The van der Waals surface area contributed by atoms with E-state index in [-0.39, 0.29) is 36.6 Å². The van der Waals surface area contributed by atoms with Crippen LogP contribution in [0.15, 0.2) is 41.9 Å². The molecule has 1 amide bonds. The molecule has 0 aliphatic carbocycles. The molecule has 1 N–H and O–H groups in total. The van der Waals surface area contributed by atoms with Crippen molar-refractivity contribution in [1.82, 2.24) is 33.9 Å². The third kappa shape index (κ3) is 4.77. The predicted molar refractivity (Wildman–Crippen MR) is 137 cm³/mol. The molecule has 0 saturated carbocycles. The van der Waals surface area contributed by atoms with E-state index in [1.807, 2.05) is 0 Å². The van der Waals surface area contributed by atoms with Gasteiger partial charge in [-0.15, -0.1) is 11.3 Å². The molecule has 3 aromatic heterocycles. The second-order valence-corrected chi connectivity index (χ2v) is 12.4. The van der Waals surface area contributed by atoms with E-state index >= 15 is 0 Å². The molecule has 2 aliphatic rings. The fourth-order valence-electron chi connectivity index (χ4n) is 4.78. The minimum atomic E-state index is -3.83. The van der Waals surface area contributed by atoms with Gasteiger partial charge in [0.1, 0.15) is 17.7 Å². The van der Waals surface area contributed by atoms with E-state index in [1.54, 1.807) is 40.2 Å².